The molecule has 8 heteroatoms. The van der Waals surface area contributed by atoms with Crippen LogP contribution in [0.1, 0.15) is 20.8 Å². The number of carbonyl (C=O) groups is 2. The third-order valence-electron chi connectivity index (χ3n) is 3.07. The second-order valence-electron chi connectivity index (χ2n) is 5.02. The molecule has 0 N–H and O–H groups in total. The van der Waals surface area contributed by atoms with Gasteiger partial charge >= 0.3 is 11.9 Å². The van der Waals surface area contributed by atoms with Crippen molar-refractivity contribution in [3.8, 4) is 5.75 Å². The molecule has 5 nitrogen and oxygen atoms in total. The third-order valence-corrected chi connectivity index (χ3v) is 4.03. The lowest BCUT2D eigenvalue weighted by Gasteiger charge is -2.18. The van der Waals surface area contributed by atoms with Crippen molar-refractivity contribution in [1.82, 2.24) is 0 Å². The van der Waals surface area contributed by atoms with Crippen LogP contribution in [-0.4, -0.2) is 31.3 Å². The number of benzene rings is 1. The highest BCUT2D eigenvalue weighted by Crippen LogP contribution is 2.27. The number of esters is 2. The molecule has 0 aliphatic carbocycles. The summed E-state index contributed by atoms with van der Waals surface area (Å²) in [5, 5.41) is 0.964. The maximum atomic E-state index is 12.1. The van der Waals surface area contributed by atoms with Crippen LogP contribution in [-0.2, 0) is 19.1 Å². The molecule has 0 aromatic heterocycles. The van der Waals surface area contributed by atoms with Crippen LogP contribution in [0.4, 0.5) is 0 Å². The maximum absolute atomic E-state index is 12.1. The van der Waals surface area contributed by atoms with E-state index in [1.165, 1.54) is 12.1 Å². The molecular weight excluding hydrogens is 403 g/mol. The Kier molecular flexibility index (Phi) is 9.55. The van der Waals surface area contributed by atoms with Gasteiger partial charge < -0.3 is 14.2 Å². The quantitative estimate of drug-likeness (QED) is 0.439. The Labute approximate surface area is 167 Å². The van der Waals surface area contributed by atoms with E-state index in [1.807, 2.05) is 0 Å². The predicted molar refractivity (Wildman–Crippen MR) is 102 cm³/mol. The molecule has 1 aromatic rings. The number of hydrogen-bond donors (Lipinski definition) is 0. The van der Waals surface area contributed by atoms with Crippen molar-refractivity contribution in [3.63, 3.8) is 0 Å². The molecule has 142 valence electrons. The van der Waals surface area contributed by atoms with Crippen LogP contribution in [0.3, 0.4) is 0 Å². The minimum atomic E-state index is -1.27. The standard InChI is InChI=1S/C18H19Cl3O5/c1-4-6-13(20)11(3)17(18(23)24-5-2)26-16(22)10-25-15-8-7-12(19)9-14(15)21/h4,6-9,17H,5,10H2,1-3H3. The summed E-state index contributed by atoms with van der Waals surface area (Å²) in [5.74, 6) is -1.23. The Morgan fingerprint density at radius 2 is 1.96 bits per heavy atom. The number of halogens is 3. The van der Waals surface area contributed by atoms with Gasteiger partial charge in [0.25, 0.3) is 0 Å². The summed E-state index contributed by atoms with van der Waals surface area (Å²) in [4.78, 5) is 24.2. The minimum Gasteiger partial charge on any atom is -0.480 e. The largest absolute Gasteiger partial charge is 0.480 e. The van der Waals surface area contributed by atoms with Crippen LogP contribution in [0.15, 0.2) is 41.0 Å². The van der Waals surface area contributed by atoms with Gasteiger partial charge in [0.05, 0.1) is 11.6 Å². The highest BCUT2D eigenvalue weighted by molar-refractivity contribution is 6.35. The zero-order chi connectivity index (χ0) is 19.7. The van der Waals surface area contributed by atoms with E-state index in [0.29, 0.717) is 10.6 Å². The first-order valence-electron chi connectivity index (χ1n) is 7.73. The van der Waals surface area contributed by atoms with Crippen molar-refractivity contribution in [1.29, 1.82) is 0 Å². The molecule has 0 fully saturated rings. The molecule has 1 unspecified atom stereocenters. The average molecular weight is 422 g/mol. The van der Waals surface area contributed by atoms with E-state index in [9.17, 15) is 9.59 Å². The van der Waals surface area contributed by atoms with E-state index in [-0.39, 0.29) is 22.4 Å². The SMILES string of the molecule is CC=CC(Cl)=C(C)C(OC(=O)COc1ccc(Cl)cc1Cl)C(=O)OCC. The van der Waals surface area contributed by atoms with Crippen LogP contribution in [0.25, 0.3) is 0 Å². The number of hydrogen-bond acceptors (Lipinski definition) is 5. The first-order chi connectivity index (χ1) is 12.3. The maximum Gasteiger partial charge on any atom is 0.351 e. The van der Waals surface area contributed by atoms with Crippen molar-refractivity contribution in [2.45, 2.75) is 26.9 Å². The van der Waals surface area contributed by atoms with Gasteiger partial charge in [0.15, 0.2) is 6.61 Å². The normalized spacial score (nSPS) is 13.2. The van der Waals surface area contributed by atoms with Gasteiger partial charge in [-0.1, -0.05) is 40.9 Å². The summed E-state index contributed by atoms with van der Waals surface area (Å²) in [7, 11) is 0. The van der Waals surface area contributed by atoms with Gasteiger partial charge in [-0.2, -0.15) is 0 Å². The molecule has 0 amide bonds. The zero-order valence-corrected chi connectivity index (χ0v) is 16.8. The summed E-state index contributed by atoms with van der Waals surface area (Å²) < 4.78 is 15.4. The lowest BCUT2D eigenvalue weighted by atomic mass is 10.1. The van der Waals surface area contributed by atoms with Crippen molar-refractivity contribution < 1.29 is 23.8 Å². The van der Waals surface area contributed by atoms with E-state index in [0.717, 1.165) is 0 Å². The van der Waals surface area contributed by atoms with Crippen LogP contribution in [0, 0.1) is 0 Å². The number of rotatable bonds is 8. The van der Waals surface area contributed by atoms with Crippen LogP contribution >= 0.6 is 34.8 Å². The molecular formula is C18H19Cl3O5. The monoisotopic (exact) mass is 420 g/mol. The second-order valence-corrected chi connectivity index (χ2v) is 6.27. The molecule has 26 heavy (non-hydrogen) atoms. The molecule has 0 aliphatic rings. The first kappa shape index (κ1) is 22.4. The van der Waals surface area contributed by atoms with Crippen LogP contribution in [0.5, 0.6) is 5.75 Å². The Hall–Kier alpha value is -1.69. The molecule has 0 heterocycles. The molecule has 0 saturated carbocycles. The summed E-state index contributed by atoms with van der Waals surface area (Å²) in [5.41, 5.74) is 0.348. The molecule has 0 aliphatic heterocycles. The van der Waals surface area contributed by atoms with E-state index < -0.39 is 24.6 Å². The summed E-state index contributed by atoms with van der Waals surface area (Å²) in [6.45, 7) is 4.68. The summed E-state index contributed by atoms with van der Waals surface area (Å²) >= 11 is 17.9. The van der Waals surface area contributed by atoms with E-state index >= 15 is 0 Å². The molecule has 0 bridgehead atoms. The van der Waals surface area contributed by atoms with Gasteiger partial charge in [-0.25, -0.2) is 9.59 Å². The summed E-state index contributed by atoms with van der Waals surface area (Å²) in [6.07, 6.45) is 2.01. The zero-order valence-electron chi connectivity index (χ0n) is 14.6. The van der Waals surface area contributed by atoms with Crippen molar-refractivity contribution in [2.75, 3.05) is 13.2 Å². The van der Waals surface area contributed by atoms with Gasteiger partial charge in [0.1, 0.15) is 5.75 Å². The fraction of sp³-hybridized carbons (Fsp3) is 0.333. The van der Waals surface area contributed by atoms with E-state index in [1.54, 1.807) is 39.0 Å². The van der Waals surface area contributed by atoms with Gasteiger partial charge in [-0.3, -0.25) is 0 Å². The van der Waals surface area contributed by atoms with Crippen molar-refractivity contribution in [2.24, 2.45) is 0 Å². The Morgan fingerprint density at radius 1 is 1.27 bits per heavy atom. The molecule has 0 spiro atoms. The topological polar surface area (TPSA) is 61.8 Å². The lowest BCUT2D eigenvalue weighted by Crippen LogP contribution is -2.32. The highest BCUT2D eigenvalue weighted by Gasteiger charge is 2.28. The molecule has 0 saturated heterocycles. The fourth-order valence-corrected chi connectivity index (χ4v) is 2.52. The van der Waals surface area contributed by atoms with Crippen LogP contribution in [0.2, 0.25) is 10.0 Å². The molecule has 1 rings (SSSR count). The number of carbonyl (C=O) groups excluding carboxylic acids is 2. The first-order valence-corrected chi connectivity index (χ1v) is 8.86. The van der Waals surface area contributed by atoms with Gasteiger partial charge in [-0.05, 0) is 50.6 Å². The number of ether oxygens (including phenoxy) is 3. The van der Waals surface area contributed by atoms with Gasteiger partial charge in [0.2, 0.25) is 6.10 Å². The molecule has 1 aromatic carbocycles. The van der Waals surface area contributed by atoms with Gasteiger partial charge in [-0.15, -0.1) is 0 Å². The van der Waals surface area contributed by atoms with Gasteiger partial charge in [0, 0.05) is 10.1 Å². The van der Waals surface area contributed by atoms with E-state index in [2.05, 4.69) is 0 Å². The smallest absolute Gasteiger partial charge is 0.351 e. The fourth-order valence-electron chi connectivity index (χ4n) is 1.83. The summed E-state index contributed by atoms with van der Waals surface area (Å²) in [6, 6.07) is 4.57. The van der Waals surface area contributed by atoms with Crippen molar-refractivity contribution >= 4 is 46.7 Å². The Bertz CT molecular complexity index is 713. The second kappa shape index (κ2) is 11.1. The third kappa shape index (κ3) is 6.90. The minimum absolute atomic E-state index is 0.137. The predicted octanol–water partition coefficient (Wildman–Crippen LogP) is 4.94. The van der Waals surface area contributed by atoms with Crippen molar-refractivity contribution in [3.05, 3.63) is 51.0 Å². The average Bonchev–Trinajstić information content (AvgIpc) is 2.58. The Balaban J connectivity index is 2.84. The highest BCUT2D eigenvalue weighted by atomic mass is 35.5. The molecule has 0 radical (unpaired) electrons. The van der Waals surface area contributed by atoms with Crippen LogP contribution < -0.4 is 4.74 Å². The Morgan fingerprint density at radius 3 is 2.54 bits per heavy atom. The number of allylic oxidation sites excluding steroid dienone is 3. The molecule has 1 atom stereocenters. The van der Waals surface area contributed by atoms with E-state index in [4.69, 9.17) is 49.0 Å². The lowest BCUT2D eigenvalue weighted by molar-refractivity contribution is -0.166.